The number of imidazole rings is 1. The minimum absolute atomic E-state index is 0.0451. The molecular weight excluding hydrogens is 549 g/mol. The van der Waals surface area contributed by atoms with E-state index in [9.17, 15) is 4.57 Å². The summed E-state index contributed by atoms with van der Waals surface area (Å²) in [5.74, 6) is 0.140. The zero-order valence-electron chi connectivity index (χ0n) is 23.7. The van der Waals surface area contributed by atoms with Crippen LogP contribution in [-0.4, -0.2) is 58.9 Å². The van der Waals surface area contributed by atoms with Crippen LogP contribution >= 0.6 is 7.82 Å². The zero-order valence-corrected chi connectivity index (χ0v) is 24.5. The van der Waals surface area contributed by atoms with Crippen LogP contribution in [0.1, 0.15) is 75.1 Å². The number of hydrogen-bond donors (Lipinski definition) is 2. The maximum absolute atomic E-state index is 13.3. The molecule has 222 valence electrons. The molecule has 13 heteroatoms. The normalized spacial score (nSPS) is 39.8. The fourth-order valence-corrected chi connectivity index (χ4v) is 7.75. The number of nitrogens with two attached hydrogens (primary N) is 1. The fourth-order valence-electron chi connectivity index (χ4n) is 6.34. The van der Waals surface area contributed by atoms with Gasteiger partial charge in [-0.05, 0) is 38.7 Å². The molecule has 5 aliphatic rings. The molecular formula is C28H38N5O7P. The highest BCUT2D eigenvalue weighted by Crippen LogP contribution is 2.57. The van der Waals surface area contributed by atoms with Gasteiger partial charge in [-0.2, -0.15) is 0 Å². The van der Waals surface area contributed by atoms with Crippen LogP contribution in [0.3, 0.4) is 0 Å². The van der Waals surface area contributed by atoms with Gasteiger partial charge in [-0.25, -0.2) is 14.5 Å². The lowest BCUT2D eigenvalue weighted by Gasteiger charge is -2.31. The summed E-state index contributed by atoms with van der Waals surface area (Å²) in [5, 5.41) is 3.28. The van der Waals surface area contributed by atoms with Gasteiger partial charge in [0.2, 0.25) is 5.90 Å². The summed E-state index contributed by atoms with van der Waals surface area (Å²) in [6.45, 7) is 7.05. The minimum atomic E-state index is -3.74. The molecule has 0 radical (unpaired) electrons. The third-order valence-electron chi connectivity index (χ3n) is 8.49. The molecule has 1 aliphatic carbocycles. The van der Waals surface area contributed by atoms with Gasteiger partial charge >= 0.3 is 7.82 Å². The van der Waals surface area contributed by atoms with Crippen molar-refractivity contribution >= 4 is 19.5 Å². The standard InChI is InChI=1S/C28H38N5O7P/c1-17-6-4-7-19(12-17)21-8-11-36-41(34,40-21)37-15-20-13-18(2)26(38-20)33-16-30-23-24(33)31-27(3,29)32-25(23)39-22-14-28(22)9-5-10-35-28/h4,6-7,12,16,18,20-22,26,31H,5,8-11,13-15,29H2,1-3H3/t18-,20-,21-,22?,26+,27?,28?,41?/m0/s1. The number of fused-ring (bicyclic) bond motifs is 1. The highest BCUT2D eigenvalue weighted by molar-refractivity contribution is 7.48. The van der Waals surface area contributed by atoms with E-state index in [-0.39, 0.29) is 42.7 Å². The zero-order chi connectivity index (χ0) is 28.4. The van der Waals surface area contributed by atoms with Gasteiger partial charge in [0.15, 0.2) is 11.5 Å². The number of benzene rings is 1. The van der Waals surface area contributed by atoms with Crippen molar-refractivity contribution in [3.8, 4) is 0 Å². The second kappa shape index (κ2) is 10.2. The van der Waals surface area contributed by atoms with E-state index < -0.39 is 13.6 Å². The molecule has 4 aliphatic heterocycles. The molecule has 8 atom stereocenters. The second-order valence-electron chi connectivity index (χ2n) is 12.1. The van der Waals surface area contributed by atoms with E-state index >= 15 is 0 Å². The number of phosphoric acid groups is 1. The molecule has 1 saturated carbocycles. The quantitative estimate of drug-likeness (QED) is 0.462. The lowest BCUT2D eigenvalue weighted by atomic mass is 10.0. The van der Waals surface area contributed by atoms with Crippen molar-refractivity contribution in [1.82, 2.24) is 9.55 Å². The first kappa shape index (κ1) is 27.5. The van der Waals surface area contributed by atoms with E-state index in [4.69, 9.17) is 33.5 Å². The number of rotatable bonds is 6. The Balaban J connectivity index is 1.01. The summed E-state index contributed by atoms with van der Waals surface area (Å²) >= 11 is 0. The third kappa shape index (κ3) is 5.35. The summed E-state index contributed by atoms with van der Waals surface area (Å²) < 4.78 is 51.1. The van der Waals surface area contributed by atoms with Crippen molar-refractivity contribution in [3.63, 3.8) is 0 Å². The number of aromatic nitrogens is 2. The molecule has 1 spiro atoms. The van der Waals surface area contributed by atoms with Gasteiger partial charge in [-0.1, -0.05) is 36.8 Å². The summed E-state index contributed by atoms with van der Waals surface area (Å²) in [6.07, 6.45) is 4.87. The largest absolute Gasteiger partial charge is 0.475 e. The molecule has 4 fully saturated rings. The van der Waals surface area contributed by atoms with Gasteiger partial charge in [-0.3, -0.25) is 23.9 Å². The van der Waals surface area contributed by atoms with E-state index in [2.05, 4.69) is 22.2 Å². The van der Waals surface area contributed by atoms with Crippen molar-refractivity contribution in [2.24, 2.45) is 16.6 Å². The average molecular weight is 588 g/mol. The maximum atomic E-state index is 13.3. The first-order chi connectivity index (χ1) is 19.6. The molecule has 12 nitrogen and oxygen atoms in total. The fraction of sp³-hybridized carbons (Fsp3) is 0.643. The Morgan fingerprint density at radius 1 is 1.32 bits per heavy atom. The van der Waals surface area contributed by atoms with Crippen LogP contribution in [-0.2, 0) is 32.3 Å². The Bertz CT molecular complexity index is 1390. The van der Waals surface area contributed by atoms with Crippen LogP contribution in [0, 0.1) is 12.8 Å². The van der Waals surface area contributed by atoms with Crippen molar-refractivity contribution in [2.75, 3.05) is 25.1 Å². The van der Waals surface area contributed by atoms with Crippen LogP contribution < -0.4 is 11.1 Å². The number of aliphatic imine (C=N–C) groups is 1. The van der Waals surface area contributed by atoms with Crippen LogP contribution in [0.4, 0.5) is 5.82 Å². The molecule has 0 bridgehead atoms. The van der Waals surface area contributed by atoms with E-state index in [1.54, 1.807) is 13.3 Å². The lowest BCUT2D eigenvalue weighted by molar-refractivity contribution is -0.0409. The summed E-state index contributed by atoms with van der Waals surface area (Å²) in [6, 6.07) is 7.99. The summed E-state index contributed by atoms with van der Waals surface area (Å²) in [4.78, 5) is 9.23. The summed E-state index contributed by atoms with van der Waals surface area (Å²) in [7, 11) is -3.74. The Labute approximate surface area is 239 Å². The molecule has 7 rings (SSSR count). The van der Waals surface area contributed by atoms with Crippen molar-refractivity contribution in [3.05, 3.63) is 47.4 Å². The highest BCUT2D eigenvalue weighted by atomic mass is 31.2. The van der Waals surface area contributed by atoms with E-state index in [0.29, 0.717) is 36.9 Å². The van der Waals surface area contributed by atoms with Crippen LogP contribution in [0.2, 0.25) is 0 Å². The molecule has 1 aromatic heterocycles. The highest BCUT2D eigenvalue weighted by Gasteiger charge is 2.60. The van der Waals surface area contributed by atoms with Gasteiger partial charge in [0.25, 0.3) is 0 Å². The van der Waals surface area contributed by atoms with Crippen LogP contribution in [0.5, 0.6) is 0 Å². The van der Waals surface area contributed by atoms with E-state index in [1.165, 1.54) is 0 Å². The Kier molecular flexibility index (Phi) is 6.81. The summed E-state index contributed by atoms with van der Waals surface area (Å²) in [5.41, 5.74) is 8.93. The Morgan fingerprint density at radius 3 is 3.00 bits per heavy atom. The van der Waals surface area contributed by atoms with Gasteiger partial charge in [0, 0.05) is 25.4 Å². The van der Waals surface area contributed by atoms with Crippen molar-refractivity contribution in [1.29, 1.82) is 0 Å². The maximum Gasteiger partial charge on any atom is 0.475 e. The topological polar surface area (TPSA) is 141 Å². The molecule has 2 aromatic rings. The smallest absolute Gasteiger partial charge is 0.470 e. The predicted octanol–water partition coefficient (Wildman–Crippen LogP) is 4.56. The molecule has 41 heavy (non-hydrogen) atoms. The Hall–Kier alpha value is -2.31. The number of phosphoric ester groups is 1. The third-order valence-corrected chi connectivity index (χ3v) is 9.97. The average Bonchev–Trinajstić information content (AvgIpc) is 3.29. The molecule has 5 heterocycles. The molecule has 3 saturated heterocycles. The van der Waals surface area contributed by atoms with E-state index in [0.717, 1.165) is 37.0 Å². The van der Waals surface area contributed by atoms with Gasteiger partial charge in [-0.15, -0.1) is 0 Å². The number of anilines is 1. The van der Waals surface area contributed by atoms with Gasteiger partial charge < -0.3 is 19.5 Å². The van der Waals surface area contributed by atoms with Crippen molar-refractivity contribution in [2.45, 2.75) is 88.8 Å². The molecule has 0 amide bonds. The minimum Gasteiger partial charge on any atom is -0.470 e. The van der Waals surface area contributed by atoms with Gasteiger partial charge in [0.1, 0.15) is 23.8 Å². The molecule has 3 N–H and O–H groups in total. The lowest BCUT2D eigenvalue weighted by Crippen LogP contribution is -2.47. The molecule has 4 unspecified atom stereocenters. The van der Waals surface area contributed by atoms with E-state index in [1.807, 2.05) is 35.8 Å². The number of nitrogens with one attached hydrogen (secondary N) is 1. The van der Waals surface area contributed by atoms with Crippen molar-refractivity contribution < 1.29 is 32.3 Å². The first-order valence-electron chi connectivity index (χ1n) is 14.5. The monoisotopic (exact) mass is 587 g/mol. The number of aryl methyl sites for hydroxylation is 1. The number of nitrogens with zero attached hydrogens (tertiary/aromatic N) is 3. The van der Waals surface area contributed by atoms with Crippen LogP contribution in [0.15, 0.2) is 35.6 Å². The SMILES string of the molecule is Cc1cccc([C@@H]2CCOP(=O)(OC[C@@H]3C[C@H](C)[C@H](n4cnc5c4NC(C)(N)N=C5OC4CC45CCCO5)O3)O2)c1. The Morgan fingerprint density at radius 2 is 2.20 bits per heavy atom. The van der Waals surface area contributed by atoms with Gasteiger partial charge in [0.05, 0.1) is 31.7 Å². The first-order valence-corrected chi connectivity index (χ1v) is 15.9. The second-order valence-corrected chi connectivity index (χ2v) is 13.7. The number of ether oxygens (including phenoxy) is 3. The predicted molar refractivity (Wildman–Crippen MR) is 149 cm³/mol. The number of hydrogen-bond acceptors (Lipinski definition) is 11. The molecule has 1 aromatic carbocycles. The van der Waals surface area contributed by atoms with Crippen LogP contribution in [0.25, 0.3) is 0 Å².